The minimum Gasteiger partial charge on any atom is -0.494 e. The zero-order valence-electron chi connectivity index (χ0n) is 11.9. The van der Waals surface area contributed by atoms with Crippen LogP contribution in [0.5, 0.6) is 5.75 Å². The molecule has 3 rings (SSSR count). The largest absolute Gasteiger partial charge is 0.494 e. The van der Waals surface area contributed by atoms with Crippen LogP contribution in [0, 0.1) is 0 Å². The van der Waals surface area contributed by atoms with Crippen LogP contribution >= 0.6 is 11.3 Å². The molecular formula is C16H17NO3S. The van der Waals surface area contributed by atoms with E-state index in [9.17, 15) is 4.79 Å². The molecule has 0 bridgehead atoms. The Hall–Kier alpha value is -1.88. The van der Waals surface area contributed by atoms with Gasteiger partial charge in [-0.25, -0.2) is 9.78 Å². The van der Waals surface area contributed by atoms with Crippen molar-refractivity contribution in [2.75, 3.05) is 6.61 Å². The van der Waals surface area contributed by atoms with Gasteiger partial charge in [0.1, 0.15) is 16.9 Å². The summed E-state index contributed by atoms with van der Waals surface area (Å²) in [6.07, 6.45) is 3.18. The molecule has 1 fully saturated rings. The summed E-state index contributed by atoms with van der Waals surface area (Å²) >= 11 is 1.45. The molecule has 0 unspecified atom stereocenters. The number of rotatable bonds is 5. The highest BCUT2D eigenvalue weighted by molar-refractivity contribution is 7.13. The Labute approximate surface area is 127 Å². The fraction of sp³-hybridized carbons (Fsp3) is 0.375. The number of esters is 1. The molecule has 1 heterocycles. The summed E-state index contributed by atoms with van der Waals surface area (Å²) in [7, 11) is 0. The van der Waals surface area contributed by atoms with E-state index in [1.165, 1.54) is 11.3 Å². The SMILES string of the molecule is CCOc1ccc(-c2nc(C(=O)OC3CCC3)cs2)cc1. The lowest BCUT2D eigenvalue weighted by atomic mass is 9.96. The summed E-state index contributed by atoms with van der Waals surface area (Å²) in [6.45, 7) is 2.60. The molecule has 0 atom stereocenters. The third kappa shape index (κ3) is 3.24. The number of carbonyl (C=O) groups excluding carboxylic acids is 1. The van der Waals surface area contributed by atoms with Gasteiger partial charge in [0, 0.05) is 10.9 Å². The molecule has 1 aromatic heterocycles. The van der Waals surface area contributed by atoms with Crippen molar-refractivity contribution in [3.05, 3.63) is 35.3 Å². The van der Waals surface area contributed by atoms with E-state index in [1.807, 2.05) is 31.2 Å². The number of nitrogens with zero attached hydrogens (tertiary/aromatic N) is 1. The Morgan fingerprint density at radius 2 is 2.10 bits per heavy atom. The van der Waals surface area contributed by atoms with Gasteiger partial charge < -0.3 is 9.47 Å². The molecule has 5 heteroatoms. The van der Waals surface area contributed by atoms with Crippen molar-refractivity contribution in [2.45, 2.75) is 32.3 Å². The van der Waals surface area contributed by atoms with Crippen LogP contribution in [-0.4, -0.2) is 23.7 Å². The molecular weight excluding hydrogens is 286 g/mol. The molecule has 0 saturated heterocycles. The van der Waals surface area contributed by atoms with Gasteiger partial charge in [0.2, 0.25) is 0 Å². The van der Waals surface area contributed by atoms with Crippen molar-refractivity contribution < 1.29 is 14.3 Å². The fourth-order valence-electron chi connectivity index (χ4n) is 2.06. The van der Waals surface area contributed by atoms with Gasteiger partial charge in [-0.1, -0.05) is 0 Å². The number of aromatic nitrogens is 1. The van der Waals surface area contributed by atoms with Crippen molar-refractivity contribution in [3.63, 3.8) is 0 Å². The molecule has 110 valence electrons. The summed E-state index contributed by atoms with van der Waals surface area (Å²) in [4.78, 5) is 16.3. The van der Waals surface area contributed by atoms with Gasteiger partial charge in [0.15, 0.2) is 5.69 Å². The number of carbonyl (C=O) groups is 1. The first-order valence-corrected chi connectivity index (χ1v) is 8.04. The van der Waals surface area contributed by atoms with Gasteiger partial charge in [-0.15, -0.1) is 11.3 Å². The average Bonchev–Trinajstić information content (AvgIpc) is 2.94. The quantitative estimate of drug-likeness (QED) is 0.786. The van der Waals surface area contributed by atoms with Crippen molar-refractivity contribution in [1.29, 1.82) is 0 Å². The summed E-state index contributed by atoms with van der Waals surface area (Å²) in [5, 5.41) is 2.57. The van der Waals surface area contributed by atoms with Crippen LogP contribution in [-0.2, 0) is 4.74 Å². The average molecular weight is 303 g/mol. The van der Waals surface area contributed by atoms with Crippen LogP contribution < -0.4 is 4.74 Å². The summed E-state index contributed by atoms with van der Waals surface area (Å²) in [5.41, 5.74) is 1.38. The Balaban J connectivity index is 1.69. The van der Waals surface area contributed by atoms with Gasteiger partial charge in [0.05, 0.1) is 6.61 Å². The van der Waals surface area contributed by atoms with E-state index in [0.29, 0.717) is 12.3 Å². The van der Waals surface area contributed by atoms with Crippen molar-refractivity contribution in [3.8, 4) is 16.3 Å². The van der Waals surface area contributed by atoms with Gasteiger partial charge in [-0.3, -0.25) is 0 Å². The van der Waals surface area contributed by atoms with E-state index in [-0.39, 0.29) is 12.1 Å². The topological polar surface area (TPSA) is 48.4 Å². The van der Waals surface area contributed by atoms with E-state index >= 15 is 0 Å². The second-order valence-electron chi connectivity index (χ2n) is 4.95. The van der Waals surface area contributed by atoms with E-state index in [0.717, 1.165) is 35.6 Å². The molecule has 1 saturated carbocycles. The summed E-state index contributed by atoms with van der Waals surface area (Å²) in [5.74, 6) is 0.524. The van der Waals surface area contributed by atoms with E-state index in [4.69, 9.17) is 9.47 Å². The molecule has 1 aromatic carbocycles. The van der Waals surface area contributed by atoms with E-state index < -0.39 is 0 Å². The normalized spacial score (nSPS) is 14.5. The first-order valence-electron chi connectivity index (χ1n) is 7.16. The van der Waals surface area contributed by atoms with Crippen molar-refractivity contribution in [1.82, 2.24) is 4.98 Å². The number of hydrogen-bond donors (Lipinski definition) is 0. The predicted molar refractivity (Wildman–Crippen MR) is 81.8 cm³/mol. The van der Waals surface area contributed by atoms with Crippen LogP contribution in [0.2, 0.25) is 0 Å². The molecule has 0 N–H and O–H groups in total. The van der Waals surface area contributed by atoms with Gasteiger partial charge in [0.25, 0.3) is 0 Å². The lowest BCUT2D eigenvalue weighted by Crippen LogP contribution is -2.25. The second-order valence-corrected chi connectivity index (χ2v) is 5.81. The molecule has 1 aliphatic rings. The van der Waals surface area contributed by atoms with Crippen molar-refractivity contribution in [2.24, 2.45) is 0 Å². The van der Waals surface area contributed by atoms with Crippen LogP contribution in [0.4, 0.5) is 0 Å². The molecule has 4 nitrogen and oxygen atoms in total. The van der Waals surface area contributed by atoms with Crippen LogP contribution in [0.1, 0.15) is 36.7 Å². The van der Waals surface area contributed by atoms with Crippen molar-refractivity contribution >= 4 is 17.3 Å². The summed E-state index contributed by atoms with van der Waals surface area (Å²) < 4.78 is 10.8. The maximum atomic E-state index is 11.9. The third-order valence-corrected chi connectivity index (χ3v) is 4.34. The van der Waals surface area contributed by atoms with Crippen LogP contribution in [0.25, 0.3) is 10.6 Å². The van der Waals surface area contributed by atoms with E-state index in [1.54, 1.807) is 5.38 Å². The Morgan fingerprint density at radius 3 is 2.71 bits per heavy atom. The maximum Gasteiger partial charge on any atom is 0.358 e. The van der Waals surface area contributed by atoms with Gasteiger partial charge >= 0.3 is 5.97 Å². The minimum atomic E-state index is -0.312. The smallest absolute Gasteiger partial charge is 0.358 e. The maximum absolute atomic E-state index is 11.9. The Kier molecular flexibility index (Phi) is 4.20. The Morgan fingerprint density at radius 1 is 1.33 bits per heavy atom. The molecule has 2 aromatic rings. The van der Waals surface area contributed by atoms with Crippen LogP contribution in [0.3, 0.4) is 0 Å². The lowest BCUT2D eigenvalue weighted by molar-refractivity contribution is 0.00846. The van der Waals surface area contributed by atoms with Crippen LogP contribution in [0.15, 0.2) is 29.6 Å². The monoisotopic (exact) mass is 303 g/mol. The molecule has 0 amide bonds. The highest BCUT2D eigenvalue weighted by atomic mass is 32.1. The Bertz CT molecular complexity index is 617. The molecule has 0 spiro atoms. The predicted octanol–water partition coefficient (Wildman–Crippen LogP) is 3.92. The number of ether oxygens (including phenoxy) is 2. The molecule has 0 aliphatic heterocycles. The number of thiazole rings is 1. The molecule has 0 radical (unpaired) electrons. The zero-order chi connectivity index (χ0) is 14.7. The fourth-order valence-corrected chi connectivity index (χ4v) is 2.86. The van der Waals surface area contributed by atoms with E-state index in [2.05, 4.69) is 4.98 Å². The third-order valence-electron chi connectivity index (χ3n) is 3.45. The number of benzene rings is 1. The number of hydrogen-bond acceptors (Lipinski definition) is 5. The zero-order valence-corrected chi connectivity index (χ0v) is 12.7. The minimum absolute atomic E-state index is 0.0909. The first-order chi connectivity index (χ1) is 10.3. The van der Waals surface area contributed by atoms with Gasteiger partial charge in [-0.05, 0) is 50.5 Å². The highest BCUT2D eigenvalue weighted by Crippen LogP contribution is 2.27. The standard InChI is InChI=1S/C16H17NO3S/c1-2-19-12-8-6-11(7-9-12)15-17-14(10-21-15)16(18)20-13-4-3-5-13/h6-10,13H,2-5H2,1H3. The molecule has 21 heavy (non-hydrogen) atoms. The van der Waals surface area contributed by atoms with Gasteiger partial charge in [-0.2, -0.15) is 0 Å². The second kappa shape index (κ2) is 6.26. The molecule has 1 aliphatic carbocycles. The first kappa shape index (κ1) is 14.1. The summed E-state index contributed by atoms with van der Waals surface area (Å²) in [6, 6.07) is 7.72. The highest BCUT2D eigenvalue weighted by Gasteiger charge is 2.23. The lowest BCUT2D eigenvalue weighted by Gasteiger charge is -2.24.